The van der Waals surface area contributed by atoms with Gasteiger partial charge >= 0.3 is 7.32 Å². The Balaban J connectivity index is 2.11. The third-order valence-electron chi connectivity index (χ3n) is 2.27. The van der Waals surface area contributed by atoms with Gasteiger partial charge in [-0.3, -0.25) is 0 Å². The van der Waals surface area contributed by atoms with Gasteiger partial charge in [0.15, 0.2) is 0 Å². The Morgan fingerprint density at radius 2 is 1.82 bits per heavy atom. The van der Waals surface area contributed by atoms with E-state index in [1.807, 2.05) is 0 Å². The predicted octanol–water partition coefficient (Wildman–Crippen LogP) is -0.524. The van der Waals surface area contributed by atoms with Gasteiger partial charge in [-0.1, -0.05) is 0 Å². The molecule has 0 aliphatic heterocycles. The second kappa shape index (κ2) is 4.65. The molecule has 0 atom stereocenters. The van der Waals surface area contributed by atoms with Crippen LogP contribution >= 0.6 is 0 Å². The first-order valence-electron chi connectivity index (χ1n) is 5.12. The molecule has 1 aromatic carbocycles. The Kier molecular flexibility index (Phi) is 3.39. The highest BCUT2D eigenvalue weighted by Crippen LogP contribution is 2.23. The Hall–Kier alpha value is -1.09. The zero-order chi connectivity index (χ0) is 12.5. The maximum atomic E-state index is 11.8. The summed E-state index contributed by atoms with van der Waals surface area (Å²) in [6.45, 7) is 0. The van der Waals surface area contributed by atoms with Crippen molar-refractivity contribution in [3.63, 3.8) is 0 Å². The fraction of sp³-hybridized carbons (Fsp3) is 0.333. The fourth-order valence-electron chi connectivity index (χ4n) is 1.31. The molecule has 0 unspecified atom stereocenters. The van der Waals surface area contributed by atoms with Crippen LogP contribution in [0.3, 0.4) is 0 Å². The lowest BCUT2D eigenvalue weighted by Crippen LogP contribution is -2.25. The van der Waals surface area contributed by atoms with Crippen LogP contribution in [0.15, 0.2) is 29.2 Å². The van der Waals surface area contributed by atoms with Gasteiger partial charge in [0.05, 0.1) is 4.90 Å². The Morgan fingerprint density at radius 3 is 2.29 bits per heavy atom. The number of rotatable bonds is 5. The molecule has 0 heterocycles. The van der Waals surface area contributed by atoms with Gasteiger partial charge in [0.25, 0.3) is 0 Å². The van der Waals surface area contributed by atoms with Gasteiger partial charge < -0.3 is 14.7 Å². The molecule has 0 bridgehead atoms. The minimum atomic E-state index is -3.47. The van der Waals surface area contributed by atoms with E-state index in [0.717, 1.165) is 12.8 Å². The third-order valence-corrected chi connectivity index (χ3v) is 3.81. The molecule has 17 heavy (non-hydrogen) atoms. The molecule has 0 spiro atoms. The van der Waals surface area contributed by atoms with Crippen LogP contribution in [0.5, 0.6) is 5.75 Å². The van der Waals surface area contributed by atoms with E-state index in [4.69, 9.17) is 10.0 Å². The summed E-state index contributed by atoms with van der Waals surface area (Å²) < 4.78 is 30.6. The second-order valence-corrected chi connectivity index (χ2v) is 5.53. The summed E-state index contributed by atoms with van der Waals surface area (Å²) in [6, 6.07) is 5.47. The van der Waals surface area contributed by atoms with Crippen molar-refractivity contribution in [1.82, 2.24) is 4.72 Å². The van der Waals surface area contributed by atoms with Gasteiger partial charge in [0.1, 0.15) is 5.75 Å². The molecular weight excluding hydrogens is 245 g/mol. The summed E-state index contributed by atoms with van der Waals surface area (Å²) in [6.07, 6.45) is 1.74. The van der Waals surface area contributed by atoms with Gasteiger partial charge in [-0.2, -0.15) is 0 Å². The molecular formula is C9H12BNO5S. The van der Waals surface area contributed by atoms with Crippen LogP contribution in [0.1, 0.15) is 12.8 Å². The topological polar surface area (TPSA) is 95.9 Å². The van der Waals surface area contributed by atoms with Crippen molar-refractivity contribution in [2.24, 2.45) is 0 Å². The van der Waals surface area contributed by atoms with Crippen LogP contribution < -0.4 is 9.38 Å². The number of hydrogen-bond acceptors (Lipinski definition) is 5. The van der Waals surface area contributed by atoms with Crippen LogP contribution in [-0.4, -0.2) is 31.8 Å². The number of benzene rings is 1. The summed E-state index contributed by atoms with van der Waals surface area (Å²) in [5, 5.41) is 17.1. The van der Waals surface area contributed by atoms with Crippen molar-refractivity contribution in [2.45, 2.75) is 23.8 Å². The van der Waals surface area contributed by atoms with Crippen LogP contribution in [0, 0.1) is 0 Å². The van der Waals surface area contributed by atoms with Crippen molar-refractivity contribution in [2.75, 3.05) is 0 Å². The smallest absolute Gasteiger partial charge is 0.512 e. The molecule has 0 radical (unpaired) electrons. The van der Waals surface area contributed by atoms with Gasteiger partial charge in [0, 0.05) is 6.04 Å². The number of nitrogens with one attached hydrogen (secondary N) is 1. The van der Waals surface area contributed by atoms with Crippen molar-refractivity contribution in [1.29, 1.82) is 0 Å². The standard InChI is InChI=1S/C9H12BNO5S/c12-10(13)16-8-3-5-9(6-4-8)17(14,15)11-7-1-2-7/h3-7,11-13H,1-2H2. The number of hydrogen-bond donors (Lipinski definition) is 3. The third kappa shape index (κ3) is 3.43. The highest BCUT2D eigenvalue weighted by Gasteiger charge is 2.27. The van der Waals surface area contributed by atoms with E-state index in [1.54, 1.807) is 0 Å². The number of sulfonamides is 1. The van der Waals surface area contributed by atoms with E-state index in [1.165, 1.54) is 24.3 Å². The minimum absolute atomic E-state index is 0.0511. The molecule has 0 amide bonds. The van der Waals surface area contributed by atoms with Gasteiger partial charge in [0.2, 0.25) is 10.0 Å². The van der Waals surface area contributed by atoms with Crippen LogP contribution in [0.2, 0.25) is 0 Å². The fourth-order valence-corrected chi connectivity index (χ4v) is 2.61. The summed E-state index contributed by atoms with van der Waals surface area (Å²) in [5.74, 6) is 0.186. The summed E-state index contributed by atoms with van der Waals surface area (Å²) in [5.41, 5.74) is 0. The molecule has 2 rings (SSSR count). The average Bonchev–Trinajstić information content (AvgIpc) is 3.01. The van der Waals surface area contributed by atoms with Crippen molar-refractivity contribution >= 4 is 17.3 Å². The lowest BCUT2D eigenvalue weighted by atomic mass is 10.2. The quantitative estimate of drug-likeness (QED) is 0.616. The molecule has 1 aromatic rings. The first-order valence-corrected chi connectivity index (χ1v) is 6.61. The first-order chi connectivity index (χ1) is 7.97. The van der Waals surface area contributed by atoms with E-state index in [2.05, 4.69) is 9.38 Å². The molecule has 1 fully saturated rings. The van der Waals surface area contributed by atoms with Gasteiger partial charge in [-0.05, 0) is 37.1 Å². The molecule has 0 aromatic heterocycles. The molecule has 1 aliphatic carbocycles. The first kappa shape index (κ1) is 12.4. The van der Waals surface area contributed by atoms with Crippen molar-refractivity contribution in [3.05, 3.63) is 24.3 Å². The Labute approximate surface area is 99.5 Å². The maximum absolute atomic E-state index is 11.8. The van der Waals surface area contributed by atoms with Crippen LogP contribution in [0.4, 0.5) is 0 Å². The van der Waals surface area contributed by atoms with E-state index < -0.39 is 17.3 Å². The van der Waals surface area contributed by atoms with E-state index >= 15 is 0 Å². The predicted molar refractivity (Wildman–Crippen MR) is 60.6 cm³/mol. The van der Waals surface area contributed by atoms with Crippen molar-refractivity contribution in [3.8, 4) is 5.75 Å². The van der Waals surface area contributed by atoms with Crippen LogP contribution in [0.25, 0.3) is 0 Å². The molecule has 92 valence electrons. The molecule has 0 saturated heterocycles. The Morgan fingerprint density at radius 1 is 1.24 bits per heavy atom. The SMILES string of the molecule is O=S(=O)(NC1CC1)c1ccc(OB(O)O)cc1. The minimum Gasteiger partial charge on any atom is -0.512 e. The average molecular weight is 257 g/mol. The molecule has 6 nitrogen and oxygen atoms in total. The summed E-state index contributed by atoms with van der Waals surface area (Å²) >= 11 is 0. The van der Waals surface area contributed by atoms with Gasteiger partial charge in [-0.25, -0.2) is 13.1 Å². The summed E-state index contributed by atoms with van der Waals surface area (Å²) in [7, 11) is -5.39. The highest BCUT2D eigenvalue weighted by molar-refractivity contribution is 7.89. The molecule has 8 heteroatoms. The molecule has 1 saturated carbocycles. The Bertz CT molecular complexity index is 483. The normalized spacial score (nSPS) is 15.6. The van der Waals surface area contributed by atoms with Crippen LogP contribution in [-0.2, 0) is 10.0 Å². The largest absolute Gasteiger partial charge is 0.707 e. The maximum Gasteiger partial charge on any atom is 0.707 e. The van der Waals surface area contributed by atoms with Gasteiger partial charge in [-0.15, -0.1) is 0 Å². The summed E-state index contributed by atoms with van der Waals surface area (Å²) in [4.78, 5) is 0.129. The molecule has 1 aliphatic rings. The zero-order valence-corrected chi connectivity index (χ0v) is 9.72. The van der Waals surface area contributed by atoms with E-state index in [9.17, 15) is 8.42 Å². The second-order valence-electron chi connectivity index (χ2n) is 3.81. The molecule has 3 N–H and O–H groups in total. The monoisotopic (exact) mass is 257 g/mol. The van der Waals surface area contributed by atoms with Crippen molar-refractivity contribution < 1.29 is 23.1 Å². The lowest BCUT2D eigenvalue weighted by molar-refractivity contribution is 0.288. The zero-order valence-electron chi connectivity index (χ0n) is 8.91. The van der Waals surface area contributed by atoms with E-state index in [-0.39, 0.29) is 16.7 Å². The highest BCUT2D eigenvalue weighted by atomic mass is 32.2. The van der Waals surface area contributed by atoms with E-state index in [0.29, 0.717) is 0 Å². The lowest BCUT2D eigenvalue weighted by Gasteiger charge is -2.07.